The highest BCUT2D eigenvalue weighted by molar-refractivity contribution is 5.79. The van der Waals surface area contributed by atoms with Crippen LogP contribution >= 0.6 is 0 Å². The minimum absolute atomic E-state index is 0.0319. The maximum atomic E-state index is 12.8. The van der Waals surface area contributed by atoms with E-state index in [1.165, 1.54) is 0 Å². The molecular weight excluding hydrogens is 328 g/mol. The number of hydrogen-bond acceptors (Lipinski definition) is 5. The maximum Gasteiger partial charge on any atom is 0.237 e. The number of rotatable bonds is 4. The van der Waals surface area contributed by atoms with Crippen molar-refractivity contribution in [1.29, 1.82) is 5.26 Å². The first-order valence-electron chi connectivity index (χ1n) is 9.49. The lowest BCUT2D eigenvalue weighted by Crippen LogP contribution is -2.55. The summed E-state index contributed by atoms with van der Waals surface area (Å²) < 4.78 is 0. The van der Waals surface area contributed by atoms with Crippen LogP contribution in [-0.4, -0.2) is 66.1 Å². The number of phenols is 1. The average molecular weight is 356 g/mol. The minimum Gasteiger partial charge on any atom is -0.506 e. The molecule has 0 spiro atoms. The SMILES string of the molecule is CN(C(=O)CN1CCN(c2ccccc2O)CC1)C1(C#N)CCCCC1. The number of anilines is 1. The predicted octanol–water partition coefficient (Wildman–Crippen LogP) is 2.20. The second-order valence-corrected chi connectivity index (χ2v) is 7.41. The Morgan fingerprint density at radius 2 is 1.85 bits per heavy atom. The topological polar surface area (TPSA) is 70.8 Å². The molecule has 1 aliphatic heterocycles. The third-order valence-corrected chi connectivity index (χ3v) is 5.86. The van der Waals surface area contributed by atoms with Gasteiger partial charge in [0.2, 0.25) is 5.91 Å². The number of hydrogen-bond donors (Lipinski definition) is 1. The van der Waals surface area contributed by atoms with Gasteiger partial charge in [0.1, 0.15) is 11.3 Å². The van der Waals surface area contributed by atoms with Crippen molar-refractivity contribution in [2.75, 3.05) is 44.7 Å². The van der Waals surface area contributed by atoms with Crippen LogP contribution in [0, 0.1) is 11.3 Å². The van der Waals surface area contributed by atoms with E-state index in [2.05, 4.69) is 15.9 Å². The van der Waals surface area contributed by atoms with E-state index in [-0.39, 0.29) is 5.91 Å². The van der Waals surface area contributed by atoms with Gasteiger partial charge in [0.05, 0.1) is 18.3 Å². The molecule has 1 N–H and O–H groups in total. The lowest BCUT2D eigenvalue weighted by molar-refractivity contribution is -0.136. The molecule has 1 saturated carbocycles. The van der Waals surface area contributed by atoms with Crippen molar-refractivity contribution >= 4 is 11.6 Å². The fraction of sp³-hybridized carbons (Fsp3) is 0.600. The third kappa shape index (κ3) is 3.78. The molecular formula is C20H28N4O2. The lowest BCUT2D eigenvalue weighted by Gasteiger charge is -2.41. The Balaban J connectivity index is 1.55. The highest BCUT2D eigenvalue weighted by Gasteiger charge is 2.39. The smallest absolute Gasteiger partial charge is 0.237 e. The number of amides is 1. The van der Waals surface area contributed by atoms with Crippen LogP contribution in [0.15, 0.2) is 24.3 Å². The van der Waals surface area contributed by atoms with Crippen molar-refractivity contribution in [3.63, 3.8) is 0 Å². The van der Waals surface area contributed by atoms with Gasteiger partial charge in [0, 0.05) is 33.2 Å². The van der Waals surface area contributed by atoms with E-state index in [0.29, 0.717) is 12.3 Å². The summed E-state index contributed by atoms with van der Waals surface area (Å²) in [6.07, 6.45) is 4.76. The molecule has 26 heavy (non-hydrogen) atoms. The van der Waals surface area contributed by atoms with Crippen molar-refractivity contribution in [2.45, 2.75) is 37.6 Å². The van der Waals surface area contributed by atoms with Gasteiger partial charge >= 0.3 is 0 Å². The number of phenolic OH excluding ortho intramolecular Hbond substituents is 1. The number of nitriles is 1. The van der Waals surface area contributed by atoms with Crippen molar-refractivity contribution in [3.05, 3.63) is 24.3 Å². The molecule has 3 rings (SSSR count). The zero-order valence-corrected chi connectivity index (χ0v) is 15.5. The number of likely N-dealkylation sites (N-methyl/N-ethyl adjacent to an activating group) is 1. The Hall–Kier alpha value is -2.26. The van der Waals surface area contributed by atoms with E-state index in [1.54, 1.807) is 18.0 Å². The zero-order chi connectivity index (χ0) is 18.6. The molecule has 1 aliphatic carbocycles. The van der Waals surface area contributed by atoms with Crippen LogP contribution in [0.1, 0.15) is 32.1 Å². The van der Waals surface area contributed by atoms with Crippen molar-refractivity contribution in [1.82, 2.24) is 9.80 Å². The molecule has 1 amide bonds. The quantitative estimate of drug-likeness (QED) is 0.895. The first-order valence-corrected chi connectivity index (χ1v) is 9.49. The van der Waals surface area contributed by atoms with Crippen LogP contribution < -0.4 is 4.90 Å². The molecule has 6 nitrogen and oxygen atoms in total. The van der Waals surface area contributed by atoms with Gasteiger partial charge in [-0.15, -0.1) is 0 Å². The van der Waals surface area contributed by atoms with E-state index in [4.69, 9.17) is 0 Å². The Morgan fingerprint density at radius 3 is 2.46 bits per heavy atom. The molecule has 0 radical (unpaired) electrons. The second-order valence-electron chi connectivity index (χ2n) is 7.41. The fourth-order valence-electron chi connectivity index (χ4n) is 4.07. The first-order chi connectivity index (χ1) is 12.6. The molecule has 1 aromatic carbocycles. The molecule has 0 atom stereocenters. The summed E-state index contributed by atoms with van der Waals surface area (Å²) in [5, 5.41) is 19.7. The molecule has 1 saturated heterocycles. The molecule has 0 unspecified atom stereocenters. The van der Waals surface area contributed by atoms with Crippen LogP contribution in [0.2, 0.25) is 0 Å². The van der Waals surface area contributed by atoms with Gasteiger partial charge < -0.3 is 14.9 Å². The van der Waals surface area contributed by atoms with Crippen LogP contribution in [0.25, 0.3) is 0 Å². The maximum absolute atomic E-state index is 12.8. The normalized spacial score (nSPS) is 20.4. The monoisotopic (exact) mass is 356 g/mol. The summed E-state index contributed by atoms with van der Waals surface area (Å²) >= 11 is 0. The molecule has 0 aromatic heterocycles. The van der Waals surface area contributed by atoms with Crippen molar-refractivity contribution in [3.8, 4) is 11.8 Å². The molecule has 1 aromatic rings. The van der Waals surface area contributed by atoms with E-state index < -0.39 is 5.54 Å². The Bertz CT molecular complexity index is 671. The number of para-hydroxylation sites is 2. The van der Waals surface area contributed by atoms with Gasteiger partial charge in [0.15, 0.2) is 0 Å². The highest BCUT2D eigenvalue weighted by atomic mass is 16.3. The lowest BCUT2D eigenvalue weighted by atomic mass is 9.81. The summed E-state index contributed by atoms with van der Waals surface area (Å²) in [4.78, 5) is 18.7. The van der Waals surface area contributed by atoms with E-state index >= 15 is 0 Å². The Labute approximate surface area is 155 Å². The number of carbonyl (C=O) groups excluding carboxylic acids is 1. The molecule has 2 fully saturated rings. The molecule has 0 bridgehead atoms. The predicted molar refractivity (Wildman–Crippen MR) is 101 cm³/mol. The average Bonchev–Trinajstić information content (AvgIpc) is 2.69. The number of piperazine rings is 1. The minimum atomic E-state index is -0.618. The number of carbonyl (C=O) groups is 1. The van der Waals surface area contributed by atoms with Gasteiger partial charge in [-0.3, -0.25) is 9.69 Å². The Morgan fingerprint density at radius 1 is 1.19 bits per heavy atom. The summed E-state index contributed by atoms with van der Waals surface area (Å²) in [7, 11) is 1.79. The van der Waals surface area contributed by atoms with Crippen molar-refractivity contribution < 1.29 is 9.90 Å². The van der Waals surface area contributed by atoms with Crippen LogP contribution in [0.3, 0.4) is 0 Å². The van der Waals surface area contributed by atoms with E-state index in [9.17, 15) is 15.2 Å². The molecule has 2 aliphatic rings. The van der Waals surface area contributed by atoms with Crippen LogP contribution in [0.4, 0.5) is 5.69 Å². The summed E-state index contributed by atoms with van der Waals surface area (Å²) in [6.45, 7) is 3.45. The standard InChI is InChI=1S/C20H28N4O2/c1-22(20(16-21)9-5-2-6-10-20)19(26)15-23-11-13-24(14-12-23)17-7-3-4-8-18(17)25/h3-4,7-8,25H,2,5-6,9-15H2,1H3. The molecule has 1 heterocycles. The van der Waals surface area contributed by atoms with Crippen LogP contribution in [-0.2, 0) is 4.79 Å². The number of nitrogens with zero attached hydrogens (tertiary/aromatic N) is 4. The van der Waals surface area contributed by atoms with Crippen LogP contribution in [0.5, 0.6) is 5.75 Å². The van der Waals surface area contributed by atoms with E-state index in [1.807, 2.05) is 18.2 Å². The molecule has 140 valence electrons. The number of benzene rings is 1. The fourth-order valence-corrected chi connectivity index (χ4v) is 4.07. The summed E-state index contributed by atoms with van der Waals surface area (Å²) in [6, 6.07) is 9.78. The van der Waals surface area contributed by atoms with Gasteiger partial charge in [-0.2, -0.15) is 5.26 Å². The second kappa shape index (κ2) is 7.96. The summed E-state index contributed by atoms with van der Waals surface area (Å²) in [5.41, 5.74) is 0.230. The first kappa shape index (κ1) is 18.5. The summed E-state index contributed by atoms with van der Waals surface area (Å²) in [5.74, 6) is 0.328. The highest BCUT2D eigenvalue weighted by Crippen LogP contribution is 2.32. The Kier molecular flexibility index (Phi) is 5.67. The number of aromatic hydroxyl groups is 1. The van der Waals surface area contributed by atoms with Gasteiger partial charge in [0.25, 0.3) is 0 Å². The third-order valence-electron chi connectivity index (χ3n) is 5.86. The zero-order valence-electron chi connectivity index (χ0n) is 15.5. The van der Waals surface area contributed by atoms with Gasteiger partial charge in [-0.25, -0.2) is 0 Å². The molecule has 6 heteroatoms. The van der Waals surface area contributed by atoms with Gasteiger partial charge in [-0.1, -0.05) is 31.4 Å². The van der Waals surface area contributed by atoms with Gasteiger partial charge in [-0.05, 0) is 25.0 Å². The van der Waals surface area contributed by atoms with E-state index in [0.717, 1.165) is 64.0 Å². The largest absolute Gasteiger partial charge is 0.506 e. The van der Waals surface area contributed by atoms with Crippen molar-refractivity contribution in [2.24, 2.45) is 0 Å².